The van der Waals surface area contributed by atoms with E-state index in [0.717, 1.165) is 10.4 Å². The average Bonchev–Trinajstić information content (AvgIpc) is 3.06. The van der Waals surface area contributed by atoms with Gasteiger partial charge in [-0.3, -0.25) is 4.79 Å². The lowest BCUT2D eigenvalue weighted by molar-refractivity contribution is -0.144. The molecule has 1 aromatic carbocycles. The summed E-state index contributed by atoms with van der Waals surface area (Å²) in [5.41, 5.74) is 0.752. The van der Waals surface area contributed by atoms with Crippen molar-refractivity contribution >= 4 is 23.2 Å². The number of esters is 1. The van der Waals surface area contributed by atoms with E-state index >= 15 is 0 Å². The SMILES string of the molecule is C/C=C/C(=O)OCC(=O)N[C@@H](c1ccc(F)cc1)c1cccs1. The van der Waals surface area contributed by atoms with Crippen molar-refractivity contribution in [2.45, 2.75) is 13.0 Å². The van der Waals surface area contributed by atoms with Gasteiger partial charge in [-0.05, 0) is 36.1 Å². The first-order chi connectivity index (χ1) is 11.1. The van der Waals surface area contributed by atoms with Crippen LogP contribution in [-0.4, -0.2) is 18.5 Å². The van der Waals surface area contributed by atoms with Crippen LogP contribution in [0.2, 0.25) is 0 Å². The summed E-state index contributed by atoms with van der Waals surface area (Å²) >= 11 is 1.48. The predicted octanol–water partition coefficient (Wildman–Crippen LogP) is 3.21. The van der Waals surface area contributed by atoms with Gasteiger partial charge in [-0.2, -0.15) is 0 Å². The van der Waals surface area contributed by atoms with Crippen molar-refractivity contribution in [1.82, 2.24) is 5.32 Å². The Bertz CT molecular complexity index is 680. The fourth-order valence-electron chi connectivity index (χ4n) is 1.95. The molecule has 0 fully saturated rings. The normalized spacial score (nSPS) is 12.1. The molecule has 1 N–H and O–H groups in total. The summed E-state index contributed by atoms with van der Waals surface area (Å²) in [7, 11) is 0. The first-order valence-corrected chi connectivity index (χ1v) is 7.86. The number of carbonyl (C=O) groups is 2. The summed E-state index contributed by atoms with van der Waals surface area (Å²) in [4.78, 5) is 24.2. The number of hydrogen-bond donors (Lipinski definition) is 1. The molecule has 0 radical (unpaired) electrons. The number of amides is 1. The van der Waals surface area contributed by atoms with Crippen LogP contribution in [0.3, 0.4) is 0 Å². The van der Waals surface area contributed by atoms with Crippen molar-refractivity contribution < 1.29 is 18.7 Å². The maximum Gasteiger partial charge on any atom is 0.330 e. The van der Waals surface area contributed by atoms with Gasteiger partial charge in [0.05, 0.1) is 6.04 Å². The van der Waals surface area contributed by atoms with Crippen molar-refractivity contribution in [3.8, 4) is 0 Å². The average molecular weight is 333 g/mol. The zero-order chi connectivity index (χ0) is 16.7. The fraction of sp³-hybridized carbons (Fsp3) is 0.176. The van der Waals surface area contributed by atoms with Gasteiger partial charge in [0, 0.05) is 11.0 Å². The zero-order valence-corrected chi connectivity index (χ0v) is 13.3. The van der Waals surface area contributed by atoms with Gasteiger partial charge in [-0.15, -0.1) is 11.3 Å². The highest BCUT2D eigenvalue weighted by Crippen LogP contribution is 2.26. The number of allylic oxidation sites excluding steroid dienone is 1. The van der Waals surface area contributed by atoms with E-state index < -0.39 is 17.9 Å². The molecule has 0 spiro atoms. The molecule has 1 atom stereocenters. The van der Waals surface area contributed by atoms with E-state index in [-0.39, 0.29) is 12.4 Å². The Hall–Kier alpha value is -2.47. The molecule has 0 bridgehead atoms. The van der Waals surface area contributed by atoms with Crippen LogP contribution in [-0.2, 0) is 14.3 Å². The highest BCUT2D eigenvalue weighted by Gasteiger charge is 2.18. The monoisotopic (exact) mass is 333 g/mol. The molecular formula is C17H16FNO3S. The largest absolute Gasteiger partial charge is 0.452 e. The summed E-state index contributed by atoms with van der Waals surface area (Å²) in [5, 5.41) is 4.69. The van der Waals surface area contributed by atoms with Crippen LogP contribution in [0.5, 0.6) is 0 Å². The Balaban J connectivity index is 2.08. The highest BCUT2D eigenvalue weighted by molar-refractivity contribution is 7.10. The number of hydrogen-bond acceptors (Lipinski definition) is 4. The van der Waals surface area contributed by atoms with Crippen molar-refractivity contribution in [2.24, 2.45) is 0 Å². The standard InChI is InChI=1S/C17H16FNO3S/c1-2-4-16(21)22-11-15(20)19-17(14-5-3-10-23-14)12-6-8-13(18)9-7-12/h2-10,17H,11H2,1H3,(H,19,20)/b4-2+/t17-/m0/s1. The first kappa shape index (κ1) is 16.9. The van der Waals surface area contributed by atoms with Crippen LogP contribution in [0.4, 0.5) is 4.39 Å². The molecule has 4 nitrogen and oxygen atoms in total. The third-order valence-electron chi connectivity index (χ3n) is 2.98. The van der Waals surface area contributed by atoms with Crippen LogP contribution in [0.15, 0.2) is 53.9 Å². The molecule has 120 valence electrons. The quantitative estimate of drug-likeness (QED) is 0.652. The number of benzene rings is 1. The lowest BCUT2D eigenvalue weighted by atomic mass is 10.1. The van der Waals surface area contributed by atoms with E-state index in [1.54, 1.807) is 19.1 Å². The van der Waals surface area contributed by atoms with E-state index in [9.17, 15) is 14.0 Å². The summed E-state index contributed by atoms with van der Waals surface area (Å²) in [6, 6.07) is 9.25. The van der Waals surface area contributed by atoms with Gasteiger partial charge in [-0.1, -0.05) is 24.3 Å². The van der Waals surface area contributed by atoms with Gasteiger partial charge in [0.2, 0.25) is 0 Å². The van der Waals surface area contributed by atoms with Crippen LogP contribution < -0.4 is 5.32 Å². The molecule has 1 aromatic heterocycles. The van der Waals surface area contributed by atoms with Gasteiger partial charge < -0.3 is 10.1 Å². The summed E-state index contributed by atoms with van der Waals surface area (Å²) in [6.07, 6.45) is 2.78. The van der Waals surface area contributed by atoms with E-state index in [0.29, 0.717) is 0 Å². The molecule has 0 unspecified atom stereocenters. The fourth-order valence-corrected chi connectivity index (χ4v) is 2.76. The second-order valence-corrected chi connectivity index (χ2v) is 5.65. The zero-order valence-electron chi connectivity index (χ0n) is 12.5. The molecule has 6 heteroatoms. The molecule has 23 heavy (non-hydrogen) atoms. The molecule has 2 rings (SSSR count). The number of thiophene rings is 1. The second-order valence-electron chi connectivity index (χ2n) is 4.68. The van der Waals surface area contributed by atoms with Gasteiger partial charge >= 0.3 is 5.97 Å². The van der Waals surface area contributed by atoms with Crippen molar-refractivity contribution in [3.63, 3.8) is 0 Å². The van der Waals surface area contributed by atoms with Crippen molar-refractivity contribution in [1.29, 1.82) is 0 Å². The Labute approximate surface area is 137 Å². The van der Waals surface area contributed by atoms with Crippen LogP contribution in [0, 0.1) is 5.82 Å². The smallest absolute Gasteiger partial charge is 0.330 e. The Morgan fingerprint density at radius 1 is 1.30 bits per heavy atom. The summed E-state index contributed by atoms with van der Waals surface area (Å²) < 4.78 is 17.9. The van der Waals surface area contributed by atoms with Crippen LogP contribution in [0.1, 0.15) is 23.4 Å². The van der Waals surface area contributed by atoms with Crippen molar-refractivity contribution in [3.05, 3.63) is 70.2 Å². The van der Waals surface area contributed by atoms with E-state index in [2.05, 4.69) is 5.32 Å². The van der Waals surface area contributed by atoms with Gasteiger partial charge in [0.1, 0.15) is 5.82 Å². The predicted molar refractivity (Wildman–Crippen MR) is 86.5 cm³/mol. The lowest BCUT2D eigenvalue weighted by Gasteiger charge is -2.18. The first-order valence-electron chi connectivity index (χ1n) is 6.98. The molecular weight excluding hydrogens is 317 g/mol. The Morgan fingerprint density at radius 2 is 2.04 bits per heavy atom. The molecule has 1 heterocycles. The summed E-state index contributed by atoms with van der Waals surface area (Å²) in [5.74, 6) is -1.34. The third kappa shape index (κ3) is 5.03. The third-order valence-corrected chi connectivity index (χ3v) is 3.92. The van der Waals surface area contributed by atoms with Gasteiger partial charge in [-0.25, -0.2) is 9.18 Å². The van der Waals surface area contributed by atoms with Gasteiger partial charge in [0.25, 0.3) is 5.91 Å². The Kier molecular flexibility index (Phi) is 6.05. The lowest BCUT2D eigenvalue weighted by Crippen LogP contribution is -2.32. The van der Waals surface area contributed by atoms with Gasteiger partial charge in [0.15, 0.2) is 6.61 Å². The molecule has 0 saturated carbocycles. The van der Waals surface area contributed by atoms with Crippen LogP contribution >= 0.6 is 11.3 Å². The number of halogens is 1. The van der Waals surface area contributed by atoms with Crippen molar-refractivity contribution in [2.75, 3.05) is 6.61 Å². The highest BCUT2D eigenvalue weighted by atomic mass is 32.1. The minimum atomic E-state index is -0.572. The summed E-state index contributed by atoms with van der Waals surface area (Å²) in [6.45, 7) is 1.31. The van der Waals surface area contributed by atoms with E-state index in [4.69, 9.17) is 4.74 Å². The molecule has 0 aliphatic carbocycles. The Morgan fingerprint density at radius 3 is 2.65 bits per heavy atom. The minimum Gasteiger partial charge on any atom is -0.452 e. The van der Waals surface area contributed by atoms with E-state index in [1.807, 2.05) is 17.5 Å². The maximum absolute atomic E-state index is 13.1. The molecule has 0 saturated heterocycles. The molecule has 2 aromatic rings. The number of ether oxygens (including phenoxy) is 1. The minimum absolute atomic E-state index is 0.342. The number of nitrogens with one attached hydrogen (secondary N) is 1. The molecule has 0 aliphatic rings. The maximum atomic E-state index is 13.1. The second kappa shape index (κ2) is 8.24. The molecule has 0 aliphatic heterocycles. The number of rotatable bonds is 6. The topological polar surface area (TPSA) is 55.4 Å². The van der Waals surface area contributed by atoms with Crippen LogP contribution in [0.25, 0.3) is 0 Å². The van der Waals surface area contributed by atoms with E-state index in [1.165, 1.54) is 35.6 Å². The number of carbonyl (C=O) groups excluding carboxylic acids is 2. The molecule has 1 amide bonds.